The third-order valence-corrected chi connectivity index (χ3v) is 3.08. The minimum atomic E-state index is -1.24. The molecule has 0 unspecified atom stereocenters. The SMILES string of the molecule is CN1C(=O)OCc2cc(OCC(=CF)CNC(=O)O)ccc21. The summed E-state index contributed by atoms with van der Waals surface area (Å²) in [6.07, 6.45) is -1.36. The molecule has 1 aliphatic rings. The van der Waals surface area contributed by atoms with Crippen molar-refractivity contribution >= 4 is 17.9 Å². The molecule has 0 saturated heterocycles. The van der Waals surface area contributed by atoms with Crippen LogP contribution in [0.4, 0.5) is 19.7 Å². The van der Waals surface area contributed by atoms with Crippen molar-refractivity contribution in [2.24, 2.45) is 0 Å². The minimum absolute atomic E-state index is 0.0921. The lowest BCUT2D eigenvalue weighted by atomic mass is 10.1. The van der Waals surface area contributed by atoms with Crippen LogP contribution in [0.2, 0.25) is 0 Å². The normalized spacial score (nSPS) is 14.2. The van der Waals surface area contributed by atoms with E-state index in [2.05, 4.69) is 5.32 Å². The Balaban J connectivity index is 1.99. The number of hydrogen-bond donors (Lipinski definition) is 2. The van der Waals surface area contributed by atoms with Gasteiger partial charge in [0, 0.05) is 24.7 Å². The van der Waals surface area contributed by atoms with Gasteiger partial charge in [-0.1, -0.05) is 0 Å². The Morgan fingerprint density at radius 3 is 3.05 bits per heavy atom. The van der Waals surface area contributed by atoms with Crippen LogP contribution in [0, 0.1) is 0 Å². The van der Waals surface area contributed by atoms with E-state index in [0.717, 1.165) is 11.3 Å². The average Bonchev–Trinajstić information content (AvgIpc) is 2.51. The molecule has 0 bridgehead atoms. The molecular formula is C14H15FN2O5. The molecule has 1 aromatic rings. The van der Waals surface area contributed by atoms with E-state index in [1.807, 2.05) is 0 Å². The predicted octanol–water partition coefficient (Wildman–Crippen LogP) is 2.27. The lowest BCUT2D eigenvalue weighted by Crippen LogP contribution is -2.31. The van der Waals surface area contributed by atoms with E-state index >= 15 is 0 Å². The molecule has 22 heavy (non-hydrogen) atoms. The lowest BCUT2D eigenvalue weighted by Gasteiger charge is -2.25. The molecule has 0 fully saturated rings. The van der Waals surface area contributed by atoms with Crippen molar-refractivity contribution in [3.8, 4) is 5.75 Å². The number of halogens is 1. The molecule has 0 aliphatic carbocycles. The molecule has 2 amide bonds. The number of nitrogens with zero attached hydrogens (tertiary/aromatic N) is 1. The monoisotopic (exact) mass is 310 g/mol. The van der Waals surface area contributed by atoms with Crippen LogP contribution in [0.3, 0.4) is 0 Å². The first-order valence-corrected chi connectivity index (χ1v) is 6.42. The Hall–Kier alpha value is -2.77. The number of cyclic esters (lactones) is 1. The molecular weight excluding hydrogens is 295 g/mol. The number of rotatable bonds is 5. The second kappa shape index (κ2) is 6.79. The second-order valence-corrected chi connectivity index (χ2v) is 4.62. The number of hydrogen-bond acceptors (Lipinski definition) is 4. The van der Waals surface area contributed by atoms with E-state index < -0.39 is 12.2 Å². The highest BCUT2D eigenvalue weighted by atomic mass is 19.1. The van der Waals surface area contributed by atoms with Crippen LogP contribution in [0.1, 0.15) is 5.56 Å². The Bertz CT molecular complexity index is 617. The predicted molar refractivity (Wildman–Crippen MR) is 75.7 cm³/mol. The van der Waals surface area contributed by atoms with Crippen molar-refractivity contribution in [1.29, 1.82) is 0 Å². The Kier molecular flexibility index (Phi) is 4.82. The number of benzene rings is 1. The third-order valence-electron chi connectivity index (χ3n) is 3.08. The first kappa shape index (κ1) is 15.6. The Morgan fingerprint density at radius 2 is 2.36 bits per heavy atom. The van der Waals surface area contributed by atoms with Crippen LogP contribution in [-0.2, 0) is 11.3 Å². The summed E-state index contributed by atoms with van der Waals surface area (Å²) in [4.78, 5) is 23.1. The number of ether oxygens (including phenoxy) is 2. The maximum atomic E-state index is 12.6. The van der Waals surface area contributed by atoms with Gasteiger partial charge in [-0.3, -0.25) is 4.90 Å². The molecule has 2 rings (SSSR count). The van der Waals surface area contributed by atoms with Crippen molar-refractivity contribution in [3.63, 3.8) is 0 Å². The summed E-state index contributed by atoms with van der Waals surface area (Å²) in [5.74, 6) is 0.472. The second-order valence-electron chi connectivity index (χ2n) is 4.62. The number of nitrogens with one attached hydrogen (secondary N) is 1. The summed E-state index contributed by atoms with van der Waals surface area (Å²) < 4.78 is 23.0. The maximum Gasteiger partial charge on any atom is 0.414 e. The molecule has 2 N–H and O–H groups in total. The van der Waals surface area contributed by atoms with Gasteiger partial charge in [0.25, 0.3) is 0 Å². The van der Waals surface area contributed by atoms with Crippen LogP contribution >= 0.6 is 0 Å². The molecule has 0 atom stereocenters. The van der Waals surface area contributed by atoms with E-state index in [-0.39, 0.29) is 25.3 Å². The fourth-order valence-corrected chi connectivity index (χ4v) is 1.92. The smallest absolute Gasteiger partial charge is 0.414 e. The van der Waals surface area contributed by atoms with Gasteiger partial charge < -0.3 is 19.9 Å². The van der Waals surface area contributed by atoms with Crippen molar-refractivity contribution in [1.82, 2.24) is 5.32 Å². The van der Waals surface area contributed by atoms with E-state index in [4.69, 9.17) is 14.6 Å². The summed E-state index contributed by atoms with van der Waals surface area (Å²) in [6.45, 7) is -0.107. The first-order valence-electron chi connectivity index (χ1n) is 6.42. The van der Waals surface area contributed by atoms with Crippen LogP contribution in [-0.4, -0.2) is 37.5 Å². The van der Waals surface area contributed by atoms with Crippen molar-refractivity contribution in [2.75, 3.05) is 25.1 Å². The van der Waals surface area contributed by atoms with Crippen LogP contribution in [0.25, 0.3) is 0 Å². The van der Waals surface area contributed by atoms with Gasteiger partial charge in [-0.05, 0) is 18.2 Å². The first-order chi connectivity index (χ1) is 10.5. The Morgan fingerprint density at radius 1 is 1.59 bits per heavy atom. The highest BCUT2D eigenvalue weighted by molar-refractivity contribution is 5.89. The van der Waals surface area contributed by atoms with Gasteiger partial charge in [0.05, 0.1) is 12.0 Å². The molecule has 8 heteroatoms. The van der Waals surface area contributed by atoms with Gasteiger partial charge in [-0.25, -0.2) is 14.0 Å². The van der Waals surface area contributed by atoms with Gasteiger partial charge in [0.1, 0.15) is 19.0 Å². The van der Waals surface area contributed by atoms with E-state index in [1.54, 1.807) is 25.2 Å². The fraction of sp³-hybridized carbons (Fsp3) is 0.286. The number of carbonyl (C=O) groups is 2. The van der Waals surface area contributed by atoms with E-state index in [1.165, 1.54) is 4.90 Å². The molecule has 1 heterocycles. The standard InChI is InChI=1S/C14H15FN2O5/c1-17-12-3-2-11(4-10(12)8-22-14(17)20)21-7-9(5-15)6-16-13(18)19/h2-5,16H,6-8H2,1H3,(H,18,19). The van der Waals surface area contributed by atoms with Gasteiger partial charge in [-0.2, -0.15) is 0 Å². The van der Waals surface area contributed by atoms with Gasteiger partial charge in [-0.15, -0.1) is 0 Å². The number of fused-ring (bicyclic) bond motifs is 1. The van der Waals surface area contributed by atoms with Crippen molar-refractivity contribution in [3.05, 3.63) is 35.7 Å². The number of anilines is 1. The maximum absolute atomic E-state index is 12.6. The summed E-state index contributed by atoms with van der Waals surface area (Å²) in [7, 11) is 1.60. The fourth-order valence-electron chi connectivity index (χ4n) is 1.92. The summed E-state index contributed by atoms with van der Waals surface area (Å²) >= 11 is 0. The molecule has 0 saturated carbocycles. The van der Waals surface area contributed by atoms with Crippen molar-refractivity contribution in [2.45, 2.75) is 6.61 Å². The molecule has 7 nitrogen and oxygen atoms in total. The third kappa shape index (κ3) is 3.66. The van der Waals surface area contributed by atoms with Gasteiger partial charge in [0.15, 0.2) is 0 Å². The number of carbonyl (C=O) groups excluding carboxylic acids is 1. The summed E-state index contributed by atoms with van der Waals surface area (Å²) in [5, 5.41) is 10.5. The largest absolute Gasteiger partial charge is 0.489 e. The van der Waals surface area contributed by atoms with Crippen LogP contribution in [0.15, 0.2) is 30.1 Å². The molecule has 118 valence electrons. The lowest BCUT2D eigenvalue weighted by molar-refractivity contribution is 0.143. The molecule has 0 spiro atoms. The van der Waals surface area contributed by atoms with Gasteiger partial charge in [0.2, 0.25) is 0 Å². The molecule has 1 aliphatic heterocycles. The zero-order valence-corrected chi connectivity index (χ0v) is 11.8. The van der Waals surface area contributed by atoms with E-state index in [9.17, 15) is 14.0 Å². The highest BCUT2D eigenvalue weighted by Gasteiger charge is 2.22. The van der Waals surface area contributed by atoms with E-state index in [0.29, 0.717) is 12.1 Å². The summed E-state index contributed by atoms with van der Waals surface area (Å²) in [6, 6.07) is 5.05. The average molecular weight is 310 g/mol. The van der Waals surface area contributed by atoms with Crippen LogP contribution < -0.4 is 15.0 Å². The number of amides is 2. The van der Waals surface area contributed by atoms with Gasteiger partial charge >= 0.3 is 12.2 Å². The van der Waals surface area contributed by atoms with Crippen molar-refractivity contribution < 1.29 is 28.6 Å². The number of carboxylic acid groups (broad SMARTS) is 1. The molecule has 1 aromatic carbocycles. The topological polar surface area (TPSA) is 88.1 Å². The highest BCUT2D eigenvalue weighted by Crippen LogP contribution is 2.29. The zero-order chi connectivity index (χ0) is 16.1. The van der Waals surface area contributed by atoms with Crippen LogP contribution in [0.5, 0.6) is 5.75 Å². The minimum Gasteiger partial charge on any atom is -0.489 e. The quantitative estimate of drug-likeness (QED) is 0.871. The Labute approximate surface area is 125 Å². The zero-order valence-electron chi connectivity index (χ0n) is 11.8. The summed E-state index contributed by atoms with van der Waals surface area (Å²) in [5.41, 5.74) is 1.65. The molecule has 0 radical (unpaired) electrons. The molecule has 0 aromatic heterocycles.